The van der Waals surface area contributed by atoms with Crippen LogP contribution in [0.4, 0.5) is 0 Å². The van der Waals surface area contributed by atoms with Gasteiger partial charge in [-0.3, -0.25) is 4.79 Å². The zero-order valence-corrected chi connectivity index (χ0v) is 11.5. The van der Waals surface area contributed by atoms with Gasteiger partial charge in [-0.05, 0) is 24.1 Å². The fourth-order valence-corrected chi connectivity index (χ4v) is 2.46. The van der Waals surface area contributed by atoms with E-state index < -0.39 is 6.04 Å². The molecule has 1 atom stereocenters. The molecule has 1 amide bonds. The van der Waals surface area contributed by atoms with Crippen molar-refractivity contribution >= 4 is 5.91 Å². The highest BCUT2D eigenvalue weighted by Crippen LogP contribution is 2.14. The molecule has 0 aliphatic carbocycles. The molecule has 0 bridgehead atoms. The predicted molar refractivity (Wildman–Crippen MR) is 75.2 cm³/mol. The highest BCUT2D eigenvalue weighted by Gasteiger charge is 2.26. The van der Waals surface area contributed by atoms with Crippen molar-refractivity contribution in [2.24, 2.45) is 5.73 Å². The number of amides is 1. The molecule has 0 saturated heterocycles. The summed E-state index contributed by atoms with van der Waals surface area (Å²) in [5.41, 5.74) is 6.94. The van der Waals surface area contributed by atoms with Crippen LogP contribution in [-0.2, 0) is 24.3 Å². The molecule has 2 aromatic rings. The van der Waals surface area contributed by atoms with Crippen molar-refractivity contribution < 1.29 is 9.90 Å². The van der Waals surface area contributed by atoms with Crippen LogP contribution in [0.15, 0.2) is 30.6 Å². The van der Waals surface area contributed by atoms with Crippen molar-refractivity contribution in [3.8, 4) is 5.75 Å². The number of nitrogens with two attached hydrogens (primary N) is 1. The molecule has 3 N–H and O–H groups in total. The van der Waals surface area contributed by atoms with Crippen molar-refractivity contribution in [1.29, 1.82) is 0 Å². The van der Waals surface area contributed by atoms with Gasteiger partial charge in [0.05, 0.1) is 12.6 Å². The summed E-state index contributed by atoms with van der Waals surface area (Å²) in [6, 6.07) is 6.14. The second-order valence-electron chi connectivity index (χ2n) is 5.18. The maximum atomic E-state index is 12.4. The molecular formula is C14H17N5O2. The monoisotopic (exact) mass is 287 g/mol. The van der Waals surface area contributed by atoms with E-state index in [9.17, 15) is 9.90 Å². The third-order valence-electron chi connectivity index (χ3n) is 3.66. The quantitative estimate of drug-likeness (QED) is 0.821. The minimum absolute atomic E-state index is 0.0858. The number of carbonyl (C=O) groups is 1. The molecule has 21 heavy (non-hydrogen) atoms. The van der Waals surface area contributed by atoms with E-state index >= 15 is 0 Å². The van der Waals surface area contributed by atoms with Crippen LogP contribution in [-0.4, -0.2) is 43.3 Å². The van der Waals surface area contributed by atoms with E-state index in [-0.39, 0.29) is 11.7 Å². The number of rotatable bonds is 3. The van der Waals surface area contributed by atoms with Crippen molar-refractivity contribution in [2.75, 3.05) is 6.54 Å². The number of fused-ring (bicyclic) bond motifs is 1. The number of hydrogen-bond donors (Lipinski definition) is 2. The van der Waals surface area contributed by atoms with Gasteiger partial charge in [0.25, 0.3) is 0 Å². The van der Waals surface area contributed by atoms with Gasteiger partial charge >= 0.3 is 0 Å². The summed E-state index contributed by atoms with van der Waals surface area (Å²) in [7, 11) is 0. The van der Waals surface area contributed by atoms with Crippen LogP contribution in [0.2, 0.25) is 0 Å². The largest absolute Gasteiger partial charge is 0.508 e. The lowest BCUT2D eigenvalue weighted by atomic mass is 10.1. The maximum Gasteiger partial charge on any atom is 0.240 e. The summed E-state index contributed by atoms with van der Waals surface area (Å²) in [6.45, 7) is 1.76. The molecule has 3 rings (SSSR count). The van der Waals surface area contributed by atoms with E-state index in [0.29, 0.717) is 26.1 Å². The Morgan fingerprint density at radius 1 is 1.33 bits per heavy atom. The molecule has 0 saturated carbocycles. The van der Waals surface area contributed by atoms with E-state index in [1.165, 1.54) is 0 Å². The molecule has 1 aliphatic heterocycles. The van der Waals surface area contributed by atoms with Crippen molar-refractivity contribution in [1.82, 2.24) is 19.7 Å². The van der Waals surface area contributed by atoms with Gasteiger partial charge < -0.3 is 20.3 Å². The van der Waals surface area contributed by atoms with Gasteiger partial charge in [0, 0.05) is 13.1 Å². The molecule has 2 heterocycles. The van der Waals surface area contributed by atoms with E-state index in [1.54, 1.807) is 35.5 Å². The summed E-state index contributed by atoms with van der Waals surface area (Å²) in [5, 5.41) is 17.1. The van der Waals surface area contributed by atoms with Crippen LogP contribution in [0.1, 0.15) is 11.4 Å². The first-order valence-electron chi connectivity index (χ1n) is 6.82. The Balaban J connectivity index is 1.64. The lowest BCUT2D eigenvalue weighted by Crippen LogP contribution is -2.47. The van der Waals surface area contributed by atoms with Crippen molar-refractivity contribution in [3.63, 3.8) is 0 Å². The van der Waals surface area contributed by atoms with E-state index in [2.05, 4.69) is 10.2 Å². The fraction of sp³-hybridized carbons (Fsp3) is 0.357. The topological polar surface area (TPSA) is 97.3 Å². The highest BCUT2D eigenvalue weighted by atomic mass is 16.3. The van der Waals surface area contributed by atoms with Gasteiger partial charge in [-0.15, -0.1) is 10.2 Å². The normalized spacial score (nSPS) is 15.6. The number of hydrogen-bond acceptors (Lipinski definition) is 5. The molecule has 0 fully saturated rings. The molecule has 7 heteroatoms. The number of carbonyl (C=O) groups excluding carboxylic acids is 1. The molecule has 1 aromatic heterocycles. The molecule has 0 spiro atoms. The third kappa shape index (κ3) is 2.87. The summed E-state index contributed by atoms with van der Waals surface area (Å²) in [4.78, 5) is 14.1. The second kappa shape index (κ2) is 5.53. The Morgan fingerprint density at radius 3 is 2.86 bits per heavy atom. The molecule has 0 unspecified atom stereocenters. The lowest BCUT2D eigenvalue weighted by molar-refractivity contribution is -0.134. The number of phenolic OH excluding ortho intramolecular Hbond substituents is 1. The first-order chi connectivity index (χ1) is 10.1. The van der Waals surface area contributed by atoms with Gasteiger partial charge in [-0.2, -0.15) is 0 Å². The lowest BCUT2D eigenvalue weighted by Gasteiger charge is -2.29. The van der Waals surface area contributed by atoms with Gasteiger partial charge in [0.15, 0.2) is 5.82 Å². The number of phenols is 1. The Hall–Kier alpha value is -2.41. The second-order valence-corrected chi connectivity index (χ2v) is 5.18. The van der Waals surface area contributed by atoms with Gasteiger partial charge in [-0.25, -0.2) is 0 Å². The Labute approximate surface area is 122 Å². The minimum atomic E-state index is -0.594. The standard InChI is InChI=1S/C14H17N5O2/c15-12(7-10-1-3-11(20)4-2-10)14(21)18-5-6-19-9-16-17-13(19)8-18/h1-4,9,12,20H,5-8,15H2/t12-/m1/s1. The maximum absolute atomic E-state index is 12.4. The SMILES string of the molecule is N[C@H](Cc1ccc(O)cc1)C(=O)N1CCn2cnnc2C1. The molecule has 110 valence electrons. The highest BCUT2D eigenvalue weighted by molar-refractivity contribution is 5.82. The van der Waals surface area contributed by atoms with Crippen molar-refractivity contribution in [3.05, 3.63) is 42.0 Å². The zero-order valence-electron chi connectivity index (χ0n) is 11.5. The van der Waals surface area contributed by atoms with Crippen molar-refractivity contribution in [2.45, 2.75) is 25.6 Å². The number of benzene rings is 1. The number of nitrogens with zero attached hydrogens (tertiary/aromatic N) is 4. The average molecular weight is 287 g/mol. The third-order valence-corrected chi connectivity index (χ3v) is 3.66. The van der Waals surface area contributed by atoms with Crippen LogP contribution < -0.4 is 5.73 Å². The van der Waals surface area contributed by atoms with Crippen LogP contribution in [0, 0.1) is 0 Å². The van der Waals surface area contributed by atoms with Gasteiger partial charge in [0.1, 0.15) is 12.1 Å². The fourth-order valence-electron chi connectivity index (χ4n) is 2.46. The summed E-state index contributed by atoms with van der Waals surface area (Å²) in [6.07, 6.45) is 2.12. The zero-order chi connectivity index (χ0) is 14.8. The average Bonchev–Trinajstić information content (AvgIpc) is 2.96. The van der Waals surface area contributed by atoms with Crippen LogP contribution in [0.25, 0.3) is 0 Å². The summed E-state index contributed by atoms with van der Waals surface area (Å²) < 4.78 is 1.94. The van der Waals surface area contributed by atoms with E-state index in [0.717, 1.165) is 11.4 Å². The Morgan fingerprint density at radius 2 is 2.10 bits per heavy atom. The van der Waals surface area contributed by atoms with Crippen LogP contribution >= 0.6 is 0 Å². The molecule has 0 radical (unpaired) electrons. The summed E-state index contributed by atoms with van der Waals surface area (Å²) >= 11 is 0. The van der Waals surface area contributed by atoms with E-state index in [4.69, 9.17) is 5.73 Å². The Kier molecular flexibility index (Phi) is 3.57. The predicted octanol–water partition coefficient (Wildman–Crippen LogP) is -0.104. The Bertz CT molecular complexity index is 637. The van der Waals surface area contributed by atoms with E-state index in [1.807, 2.05) is 4.57 Å². The first kappa shape index (κ1) is 13.6. The first-order valence-corrected chi connectivity index (χ1v) is 6.82. The number of aromatic hydroxyl groups is 1. The van der Waals surface area contributed by atoms with Gasteiger partial charge in [-0.1, -0.05) is 12.1 Å². The smallest absolute Gasteiger partial charge is 0.240 e. The molecule has 1 aromatic carbocycles. The van der Waals surface area contributed by atoms with Crippen LogP contribution in [0.3, 0.4) is 0 Å². The molecular weight excluding hydrogens is 270 g/mol. The minimum Gasteiger partial charge on any atom is -0.508 e. The molecule has 7 nitrogen and oxygen atoms in total. The molecule has 1 aliphatic rings. The van der Waals surface area contributed by atoms with Crippen LogP contribution in [0.5, 0.6) is 5.75 Å². The number of aromatic nitrogens is 3. The summed E-state index contributed by atoms with van der Waals surface area (Å²) in [5.74, 6) is 0.901. The van der Waals surface area contributed by atoms with Gasteiger partial charge in [0.2, 0.25) is 5.91 Å².